The Morgan fingerprint density at radius 3 is 2.50 bits per heavy atom. The second-order valence-electron chi connectivity index (χ2n) is 1.41. The van der Waals surface area contributed by atoms with Crippen LogP contribution in [-0.2, 0) is 0 Å². The van der Waals surface area contributed by atoms with E-state index in [-0.39, 0.29) is 0 Å². The van der Waals surface area contributed by atoms with Gasteiger partial charge >= 0.3 is 0 Å². The van der Waals surface area contributed by atoms with Gasteiger partial charge in [-0.2, -0.15) is 0 Å². The normalized spacial score (nSPS) is 11.1. The molecule has 0 saturated heterocycles. The van der Waals surface area contributed by atoms with Gasteiger partial charge in [0, 0.05) is 0 Å². The van der Waals surface area contributed by atoms with Crippen LogP contribution < -0.4 is 0 Å². The summed E-state index contributed by atoms with van der Waals surface area (Å²) >= 11 is 0. The van der Waals surface area contributed by atoms with Gasteiger partial charge in [-0.25, -0.2) is 0 Å². The Hall–Kier alpha value is -0.780. The number of allylic oxidation sites excluding steroid dienone is 5. The van der Waals surface area contributed by atoms with Crippen LogP contribution in [0.1, 0.15) is 13.3 Å². The SMILES string of the molecule is [CH]=C/C=C/C=C/CC. The van der Waals surface area contributed by atoms with Crippen molar-refractivity contribution < 1.29 is 0 Å². The maximum absolute atomic E-state index is 5.07. The van der Waals surface area contributed by atoms with Gasteiger partial charge in [-0.3, -0.25) is 0 Å². The molecule has 0 rings (SSSR count). The van der Waals surface area contributed by atoms with Gasteiger partial charge in [0.05, 0.1) is 0 Å². The van der Waals surface area contributed by atoms with E-state index in [0.29, 0.717) is 0 Å². The zero-order valence-electron chi connectivity index (χ0n) is 5.17. The summed E-state index contributed by atoms with van der Waals surface area (Å²) in [7, 11) is 0. The monoisotopic (exact) mass is 107 g/mol. The highest BCUT2D eigenvalue weighted by Crippen LogP contribution is 1.80. The van der Waals surface area contributed by atoms with Crippen LogP contribution in [0.2, 0.25) is 0 Å². The van der Waals surface area contributed by atoms with Crippen LogP contribution in [0, 0.1) is 6.58 Å². The van der Waals surface area contributed by atoms with Crippen molar-refractivity contribution in [2.75, 3.05) is 0 Å². The first-order valence-corrected chi connectivity index (χ1v) is 2.78. The molecule has 0 bridgehead atoms. The van der Waals surface area contributed by atoms with Gasteiger partial charge in [-0.1, -0.05) is 43.9 Å². The molecule has 0 N–H and O–H groups in total. The molecule has 0 heteroatoms. The molecule has 1 radical (unpaired) electrons. The van der Waals surface area contributed by atoms with Crippen LogP contribution in [0.15, 0.2) is 30.4 Å². The van der Waals surface area contributed by atoms with Gasteiger partial charge in [-0.05, 0) is 6.42 Å². The van der Waals surface area contributed by atoms with Crippen LogP contribution in [0.4, 0.5) is 0 Å². The van der Waals surface area contributed by atoms with Crippen molar-refractivity contribution >= 4 is 0 Å². The lowest BCUT2D eigenvalue weighted by Gasteiger charge is -1.71. The van der Waals surface area contributed by atoms with Crippen molar-refractivity contribution in [3.8, 4) is 0 Å². The molecule has 0 heterocycles. The van der Waals surface area contributed by atoms with E-state index in [9.17, 15) is 0 Å². The minimum atomic E-state index is 1.08. The molecular formula is C8H11. The van der Waals surface area contributed by atoms with Crippen molar-refractivity contribution in [1.82, 2.24) is 0 Å². The predicted octanol–water partition coefficient (Wildman–Crippen LogP) is 2.50. The van der Waals surface area contributed by atoms with E-state index < -0.39 is 0 Å². The van der Waals surface area contributed by atoms with E-state index in [0.717, 1.165) is 6.42 Å². The average molecular weight is 107 g/mol. The van der Waals surface area contributed by atoms with Gasteiger partial charge in [0.2, 0.25) is 0 Å². The van der Waals surface area contributed by atoms with Crippen LogP contribution in [0.3, 0.4) is 0 Å². The quantitative estimate of drug-likeness (QED) is 0.486. The van der Waals surface area contributed by atoms with Crippen molar-refractivity contribution in [3.63, 3.8) is 0 Å². The van der Waals surface area contributed by atoms with Crippen LogP contribution >= 0.6 is 0 Å². The molecule has 0 saturated carbocycles. The van der Waals surface area contributed by atoms with Gasteiger partial charge in [-0.15, -0.1) is 0 Å². The molecule has 8 heavy (non-hydrogen) atoms. The van der Waals surface area contributed by atoms with E-state index in [2.05, 4.69) is 13.0 Å². The molecule has 0 aliphatic rings. The first kappa shape index (κ1) is 7.22. The number of hydrogen-bond acceptors (Lipinski definition) is 0. The summed E-state index contributed by atoms with van der Waals surface area (Å²) in [5.74, 6) is 0. The molecule has 0 atom stereocenters. The van der Waals surface area contributed by atoms with Crippen molar-refractivity contribution in [3.05, 3.63) is 37.0 Å². The third-order valence-corrected chi connectivity index (χ3v) is 0.705. The highest BCUT2D eigenvalue weighted by atomic mass is 13.7. The molecule has 0 fully saturated rings. The smallest absolute Gasteiger partial charge is 0.0376 e. The Bertz CT molecular complexity index is 96.6. The summed E-state index contributed by atoms with van der Waals surface area (Å²) in [6.07, 6.45) is 10.3. The molecular weight excluding hydrogens is 96.1 g/mol. The molecule has 0 unspecified atom stereocenters. The fraction of sp³-hybridized carbons (Fsp3) is 0.250. The highest BCUT2D eigenvalue weighted by molar-refractivity contribution is 5.07. The van der Waals surface area contributed by atoms with Crippen molar-refractivity contribution in [2.45, 2.75) is 13.3 Å². The average Bonchev–Trinajstić information content (AvgIpc) is 1.81. The maximum atomic E-state index is 5.07. The minimum absolute atomic E-state index is 1.08. The van der Waals surface area contributed by atoms with E-state index in [1.165, 1.54) is 6.08 Å². The highest BCUT2D eigenvalue weighted by Gasteiger charge is 1.59. The summed E-state index contributed by atoms with van der Waals surface area (Å²) in [6, 6.07) is 0. The minimum Gasteiger partial charge on any atom is -0.0848 e. The summed E-state index contributed by atoms with van der Waals surface area (Å²) < 4.78 is 0. The molecule has 0 spiro atoms. The van der Waals surface area contributed by atoms with Crippen molar-refractivity contribution in [2.24, 2.45) is 0 Å². The molecule has 0 amide bonds. The first-order valence-electron chi connectivity index (χ1n) is 2.78. The lowest BCUT2D eigenvalue weighted by molar-refractivity contribution is 1.22. The molecule has 0 aliphatic heterocycles. The van der Waals surface area contributed by atoms with E-state index in [1.54, 1.807) is 6.08 Å². The largest absolute Gasteiger partial charge is 0.0848 e. The van der Waals surface area contributed by atoms with Crippen LogP contribution in [0.5, 0.6) is 0 Å². The lowest BCUT2D eigenvalue weighted by atomic mass is 10.4. The van der Waals surface area contributed by atoms with Gasteiger partial charge < -0.3 is 0 Å². The van der Waals surface area contributed by atoms with E-state index in [4.69, 9.17) is 6.58 Å². The second kappa shape index (κ2) is 6.22. The molecule has 0 aromatic heterocycles. The zero-order chi connectivity index (χ0) is 6.24. The lowest BCUT2D eigenvalue weighted by Crippen LogP contribution is -1.49. The van der Waals surface area contributed by atoms with Gasteiger partial charge in [0.25, 0.3) is 0 Å². The molecule has 0 aromatic carbocycles. The number of hydrogen-bond donors (Lipinski definition) is 0. The standard InChI is InChI=1S/C8H11/c1-3-5-7-8-6-4-2/h1,3,5-8H,4H2,2H3/b3-1?,7-5+,8-6+. The summed E-state index contributed by atoms with van der Waals surface area (Å²) in [5.41, 5.74) is 0. The Balaban J connectivity index is 3.26. The maximum Gasteiger partial charge on any atom is -0.0376 e. The summed E-state index contributed by atoms with van der Waals surface area (Å²) in [5, 5.41) is 0. The van der Waals surface area contributed by atoms with Crippen LogP contribution in [-0.4, -0.2) is 0 Å². The number of rotatable bonds is 3. The molecule has 43 valence electrons. The van der Waals surface area contributed by atoms with E-state index >= 15 is 0 Å². The Morgan fingerprint density at radius 2 is 2.00 bits per heavy atom. The first-order chi connectivity index (χ1) is 3.91. The fourth-order valence-electron chi connectivity index (χ4n) is 0.343. The van der Waals surface area contributed by atoms with Crippen LogP contribution in [0.25, 0.3) is 0 Å². The van der Waals surface area contributed by atoms with Gasteiger partial charge in [0.15, 0.2) is 0 Å². The third-order valence-electron chi connectivity index (χ3n) is 0.705. The van der Waals surface area contributed by atoms with Crippen molar-refractivity contribution in [1.29, 1.82) is 0 Å². The Kier molecular flexibility index (Phi) is 5.61. The molecule has 0 nitrogen and oxygen atoms in total. The molecule has 0 aliphatic carbocycles. The molecule has 0 aromatic rings. The summed E-state index contributed by atoms with van der Waals surface area (Å²) in [4.78, 5) is 0. The second-order valence-corrected chi connectivity index (χ2v) is 1.41. The Morgan fingerprint density at radius 1 is 1.25 bits per heavy atom. The van der Waals surface area contributed by atoms with E-state index in [1.807, 2.05) is 12.2 Å². The fourth-order valence-corrected chi connectivity index (χ4v) is 0.343. The topological polar surface area (TPSA) is 0 Å². The predicted molar refractivity (Wildman–Crippen MR) is 37.4 cm³/mol. The Labute approximate surface area is 51.2 Å². The summed E-state index contributed by atoms with van der Waals surface area (Å²) in [6.45, 7) is 7.16. The third kappa shape index (κ3) is 5.22. The zero-order valence-corrected chi connectivity index (χ0v) is 5.17. The van der Waals surface area contributed by atoms with Gasteiger partial charge in [0.1, 0.15) is 0 Å².